The van der Waals surface area contributed by atoms with E-state index in [4.69, 9.17) is 4.74 Å². The average molecular weight is 221 g/mol. The number of rotatable bonds is 4. The van der Waals surface area contributed by atoms with Crippen LogP contribution in [0.5, 0.6) is 0 Å². The molecule has 4 nitrogen and oxygen atoms in total. The van der Waals surface area contributed by atoms with E-state index in [0.29, 0.717) is 6.61 Å². The molecule has 0 unspecified atom stereocenters. The Bertz CT molecular complexity index is 348. The SMILES string of the molecule is CCc1nc(CCOC)nc2c1CCNC2. The molecule has 0 amide bonds. The molecule has 0 radical (unpaired) electrons. The fraction of sp³-hybridized carbons (Fsp3) is 0.667. The lowest BCUT2D eigenvalue weighted by molar-refractivity contribution is 0.200. The van der Waals surface area contributed by atoms with E-state index < -0.39 is 0 Å². The molecule has 0 spiro atoms. The number of ether oxygens (including phenoxy) is 1. The Labute approximate surface area is 96.4 Å². The van der Waals surface area contributed by atoms with Crippen LogP contribution in [0.15, 0.2) is 0 Å². The van der Waals surface area contributed by atoms with Crippen molar-refractivity contribution in [1.29, 1.82) is 0 Å². The van der Waals surface area contributed by atoms with Gasteiger partial charge in [0.1, 0.15) is 5.82 Å². The van der Waals surface area contributed by atoms with Crippen molar-refractivity contribution in [2.24, 2.45) is 0 Å². The van der Waals surface area contributed by atoms with Gasteiger partial charge < -0.3 is 10.1 Å². The summed E-state index contributed by atoms with van der Waals surface area (Å²) in [6.45, 7) is 4.77. The van der Waals surface area contributed by atoms with Crippen molar-refractivity contribution in [2.45, 2.75) is 32.7 Å². The Morgan fingerprint density at radius 2 is 2.25 bits per heavy atom. The molecule has 1 aliphatic rings. The molecule has 88 valence electrons. The van der Waals surface area contributed by atoms with Crippen molar-refractivity contribution >= 4 is 0 Å². The Hall–Kier alpha value is -1.00. The number of hydrogen-bond acceptors (Lipinski definition) is 4. The van der Waals surface area contributed by atoms with Crippen LogP contribution in [0.1, 0.15) is 29.7 Å². The van der Waals surface area contributed by atoms with E-state index in [1.54, 1.807) is 7.11 Å². The van der Waals surface area contributed by atoms with Crippen LogP contribution < -0.4 is 5.32 Å². The highest BCUT2D eigenvalue weighted by Gasteiger charge is 2.15. The van der Waals surface area contributed by atoms with Crippen LogP contribution in [0.4, 0.5) is 0 Å². The Morgan fingerprint density at radius 3 is 3.00 bits per heavy atom. The molecule has 0 atom stereocenters. The van der Waals surface area contributed by atoms with Gasteiger partial charge in [0.05, 0.1) is 12.3 Å². The minimum absolute atomic E-state index is 0.690. The molecule has 1 aromatic rings. The lowest BCUT2D eigenvalue weighted by Gasteiger charge is -2.19. The predicted molar refractivity (Wildman–Crippen MR) is 62.4 cm³/mol. The van der Waals surface area contributed by atoms with E-state index in [-0.39, 0.29) is 0 Å². The van der Waals surface area contributed by atoms with Gasteiger partial charge >= 0.3 is 0 Å². The van der Waals surface area contributed by atoms with Crippen LogP contribution in [0.25, 0.3) is 0 Å². The summed E-state index contributed by atoms with van der Waals surface area (Å²) in [5.41, 5.74) is 3.77. The van der Waals surface area contributed by atoms with Crippen molar-refractivity contribution in [3.63, 3.8) is 0 Å². The van der Waals surface area contributed by atoms with Crippen LogP contribution in [0.2, 0.25) is 0 Å². The summed E-state index contributed by atoms with van der Waals surface area (Å²) in [7, 11) is 1.71. The zero-order valence-electron chi connectivity index (χ0n) is 10.0. The van der Waals surface area contributed by atoms with Crippen LogP contribution in [0, 0.1) is 0 Å². The van der Waals surface area contributed by atoms with Crippen LogP contribution in [-0.2, 0) is 30.5 Å². The highest BCUT2D eigenvalue weighted by molar-refractivity contribution is 5.28. The number of nitrogens with one attached hydrogen (secondary N) is 1. The average Bonchev–Trinajstić information content (AvgIpc) is 2.35. The minimum Gasteiger partial charge on any atom is -0.384 e. The summed E-state index contributed by atoms with van der Waals surface area (Å²) in [5, 5.41) is 3.35. The first kappa shape index (κ1) is 11.5. The Balaban J connectivity index is 2.28. The molecule has 0 aromatic carbocycles. The van der Waals surface area contributed by atoms with E-state index >= 15 is 0 Å². The van der Waals surface area contributed by atoms with Gasteiger partial charge in [-0.25, -0.2) is 9.97 Å². The minimum atomic E-state index is 0.690. The molecule has 16 heavy (non-hydrogen) atoms. The van der Waals surface area contributed by atoms with Gasteiger partial charge in [-0.2, -0.15) is 0 Å². The van der Waals surface area contributed by atoms with Gasteiger partial charge in [-0.05, 0) is 24.9 Å². The normalized spacial score (nSPS) is 14.9. The summed E-state index contributed by atoms with van der Waals surface area (Å²) in [5.74, 6) is 0.918. The van der Waals surface area contributed by atoms with Crippen molar-refractivity contribution in [3.05, 3.63) is 22.8 Å². The standard InChI is InChI=1S/C12H19N3O/c1-3-10-9-4-6-13-8-11(9)15-12(14-10)5-7-16-2/h13H,3-8H2,1-2H3. The van der Waals surface area contributed by atoms with Crippen LogP contribution in [-0.4, -0.2) is 30.2 Å². The largest absolute Gasteiger partial charge is 0.384 e. The molecule has 1 aromatic heterocycles. The van der Waals surface area contributed by atoms with Gasteiger partial charge in [-0.1, -0.05) is 6.92 Å². The summed E-state index contributed by atoms with van der Waals surface area (Å²) in [6, 6.07) is 0. The second-order valence-corrected chi connectivity index (χ2v) is 4.03. The first-order valence-corrected chi connectivity index (χ1v) is 5.92. The summed E-state index contributed by atoms with van der Waals surface area (Å²) < 4.78 is 5.07. The Morgan fingerprint density at radius 1 is 1.38 bits per heavy atom. The molecule has 0 bridgehead atoms. The maximum absolute atomic E-state index is 5.07. The number of methoxy groups -OCH3 is 1. The van der Waals surface area contributed by atoms with Crippen molar-refractivity contribution in [2.75, 3.05) is 20.3 Å². The van der Waals surface area contributed by atoms with E-state index in [0.717, 1.165) is 38.2 Å². The molecule has 2 rings (SSSR count). The number of fused-ring (bicyclic) bond motifs is 1. The molecular formula is C12H19N3O. The van der Waals surface area contributed by atoms with E-state index in [2.05, 4.69) is 22.2 Å². The Kier molecular flexibility index (Phi) is 3.85. The van der Waals surface area contributed by atoms with Crippen LogP contribution >= 0.6 is 0 Å². The van der Waals surface area contributed by atoms with Gasteiger partial charge in [-0.15, -0.1) is 0 Å². The molecule has 1 aliphatic heterocycles. The van der Waals surface area contributed by atoms with Gasteiger partial charge in [-0.3, -0.25) is 0 Å². The van der Waals surface area contributed by atoms with Crippen LogP contribution in [0.3, 0.4) is 0 Å². The lowest BCUT2D eigenvalue weighted by Crippen LogP contribution is -2.27. The first-order chi connectivity index (χ1) is 7.85. The summed E-state index contributed by atoms with van der Waals surface area (Å²) in [6.07, 6.45) is 2.85. The predicted octanol–water partition coefficient (Wildman–Crippen LogP) is 0.874. The smallest absolute Gasteiger partial charge is 0.131 e. The second kappa shape index (κ2) is 5.37. The third kappa shape index (κ3) is 2.39. The molecular weight excluding hydrogens is 202 g/mol. The highest BCUT2D eigenvalue weighted by Crippen LogP contribution is 2.16. The number of aryl methyl sites for hydroxylation is 1. The van der Waals surface area contributed by atoms with Crippen molar-refractivity contribution in [1.82, 2.24) is 15.3 Å². The maximum Gasteiger partial charge on any atom is 0.131 e. The third-order valence-electron chi connectivity index (χ3n) is 2.93. The molecule has 0 saturated heterocycles. The molecule has 0 fully saturated rings. The quantitative estimate of drug-likeness (QED) is 0.819. The zero-order chi connectivity index (χ0) is 11.4. The van der Waals surface area contributed by atoms with Crippen molar-refractivity contribution in [3.8, 4) is 0 Å². The topological polar surface area (TPSA) is 47.0 Å². The number of hydrogen-bond donors (Lipinski definition) is 1. The van der Waals surface area contributed by atoms with Gasteiger partial charge in [0.2, 0.25) is 0 Å². The van der Waals surface area contributed by atoms with E-state index in [1.165, 1.54) is 17.0 Å². The summed E-state index contributed by atoms with van der Waals surface area (Å²) >= 11 is 0. The van der Waals surface area contributed by atoms with Gasteiger partial charge in [0.25, 0.3) is 0 Å². The van der Waals surface area contributed by atoms with E-state index in [9.17, 15) is 0 Å². The fourth-order valence-electron chi connectivity index (χ4n) is 2.09. The van der Waals surface area contributed by atoms with Crippen molar-refractivity contribution < 1.29 is 4.74 Å². The maximum atomic E-state index is 5.07. The van der Waals surface area contributed by atoms with Gasteiger partial charge in [0, 0.05) is 25.8 Å². The molecule has 4 heteroatoms. The van der Waals surface area contributed by atoms with Gasteiger partial charge in [0.15, 0.2) is 0 Å². The zero-order valence-corrected chi connectivity index (χ0v) is 10.0. The lowest BCUT2D eigenvalue weighted by atomic mass is 10.0. The molecule has 1 N–H and O–H groups in total. The number of aromatic nitrogens is 2. The fourth-order valence-corrected chi connectivity index (χ4v) is 2.09. The second-order valence-electron chi connectivity index (χ2n) is 4.03. The molecule has 0 saturated carbocycles. The molecule has 0 aliphatic carbocycles. The third-order valence-corrected chi connectivity index (χ3v) is 2.93. The highest BCUT2D eigenvalue weighted by atomic mass is 16.5. The van der Waals surface area contributed by atoms with E-state index in [1.807, 2.05) is 0 Å². The summed E-state index contributed by atoms with van der Waals surface area (Å²) in [4.78, 5) is 9.23. The molecule has 2 heterocycles. The number of nitrogens with zero attached hydrogens (tertiary/aromatic N) is 2. The monoisotopic (exact) mass is 221 g/mol. The first-order valence-electron chi connectivity index (χ1n) is 5.92.